The summed E-state index contributed by atoms with van der Waals surface area (Å²) in [6.07, 6.45) is 0.903. The molecule has 0 saturated carbocycles. The molecule has 2 aromatic rings. The van der Waals surface area contributed by atoms with Crippen molar-refractivity contribution in [1.29, 1.82) is 0 Å². The Labute approximate surface area is 151 Å². The van der Waals surface area contributed by atoms with Crippen LogP contribution >= 0.6 is 11.8 Å². The van der Waals surface area contributed by atoms with Crippen LogP contribution < -0.4 is 10.6 Å². The van der Waals surface area contributed by atoms with Gasteiger partial charge in [-0.1, -0.05) is 19.1 Å². The van der Waals surface area contributed by atoms with E-state index in [-0.39, 0.29) is 17.6 Å². The summed E-state index contributed by atoms with van der Waals surface area (Å²) in [5.74, 6) is 0.440. The zero-order valence-corrected chi connectivity index (χ0v) is 14.9. The Bertz CT molecular complexity index is 702. The summed E-state index contributed by atoms with van der Waals surface area (Å²) in [4.78, 5) is 23.7. The molecule has 25 heavy (non-hydrogen) atoms. The van der Waals surface area contributed by atoms with Crippen LogP contribution in [0.25, 0.3) is 0 Å². The van der Waals surface area contributed by atoms with E-state index in [4.69, 9.17) is 0 Å². The van der Waals surface area contributed by atoms with Crippen molar-refractivity contribution in [2.75, 3.05) is 17.6 Å². The summed E-state index contributed by atoms with van der Waals surface area (Å²) in [5.41, 5.74) is 2.26. The van der Waals surface area contributed by atoms with Crippen molar-refractivity contribution >= 4 is 29.3 Å². The highest BCUT2D eigenvalue weighted by molar-refractivity contribution is 7.99. The lowest BCUT2D eigenvalue weighted by Gasteiger charge is -2.06. The first-order valence-electron chi connectivity index (χ1n) is 8.09. The number of rotatable bonds is 8. The summed E-state index contributed by atoms with van der Waals surface area (Å²) in [6, 6.07) is 13.0. The molecule has 2 rings (SSSR count). The molecule has 0 aliphatic rings. The second-order valence-electron chi connectivity index (χ2n) is 5.50. The number of carbonyl (C=O) groups excluding carboxylic acids is 2. The normalized spacial score (nSPS) is 10.3. The summed E-state index contributed by atoms with van der Waals surface area (Å²) >= 11 is 1.48. The highest BCUT2D eigenvalue weighted by Crippen LogP contribution is 2.14. The molecule has 0 radical (unpaired) electrons. The maximum absolute atomic E-state index is 12.8. The summed E-state index contributed by atoms with van der Waals surface area (Å²) in [6.45, 7) is 2.67. The Balaban J connectivity index is 1.74. The van der Waals surface area contributed by atoms with Crippen molar-refractivity contribution < 1.29 is 14.0 Å². The molecule has 4 nitrogen and oxygen atoms in total. The molecule has 2 amide bonds. The van der Waals surface area contributed by atoms with E-state index in [0.29, 0.717) is 29.3 Å². The minimum absolute atomic E-state index is 0.0697. The van der Waals surface area contributed by atoms with E-state index in [2.05, 4.69) is 10.6 Å². The molecule has 0 aromatic heterocycles. The average molecular weight is 360 g/mol. The lowest BCUT2D eigenvalue weighted by atomic mass is 10.1. The van der Waals surface area contributed by atoms with Crippen molar-refractivity contribution in [2.24, 2.45) is 0 Å². The van der Waals surface area contributed by atoms with Gasteiger partial charge in [0, 0.05) is 23.5 Å². The van der Waals surface area contributed by atoms with Crippen LogP contribution in [0, 0.1) is 5.82 Å². The predicted octanol–water partition coefficient (Wildman–Crippen LogP) is 3.84. The third-order valence-electron chi connectivity index (χ3n) is 3.38. The Morgan fingerprint density at radius 2 is 1.72 bits per heavy atom. The lowest BCUT2D eigenvalue weighted by molar-refractivity contribution is -0.113. The zero-order chi connectivity index (χ0) is 18.1. The molecular formula is C19H21FN2O2S. The summed E-state index contributed by atoms with van der Waals surface area (Å²) in [7, 11) is 0. The molecule has 0 aliphatic heterocycles. The fourth-order valence-electron chi connectivity index (χ4n) is 2.08. The van der Waals surface area contributed by atoms with Crippen molar-refractivity contribution in [3.05, 3.63) is 65.5 Å². The van der Waals surface area contributed by atoms with Gasteiger partial charge < -0.3 is 10.6 Å². The number of carbonyl (C=O) groups is 2. The zero-order valence-electron chi connectivity index (χ0n) is 14.0. The molecule has 0 atom stereocenters. The number of thioether (sulfide) groups is 1. The Kier molecular flexibility index (Phi) is 7.47. The largest absolute Gasteiger partial charge is 0.352 e. The van der Waals surface area contributed by atoms with Gasteiger partial charge in [-0.3, -0.25) is 9.59 Å². The standard InChI is InChI=1S/C19H21FN2O2S/c1-2-11-21-19(24)15-5-3-14(4-6-15)12-25-13-18(23)22-17-9-7-16(20)8-10-17/h3-10H,2,11-13H2,1H3,(H,21,24)(H,22,23). The molecular weight excluding hydrogens is 339 g/mol. The fourth-order valence-corrected chi connectivity index (χ4v) is 2.87. The van der Waals surface area contributed by atoms with Crippen LogP contribution in [0.5, 0.6) is 0 Å². The van der Waals surface area contributed by atoms with Gasteiger partial charge in [-0.25, -0.2) is 4.39 Å². The first kappa shape index (κ1) is 19.0. The van der Waals surface area contributed by atoms with Crippen molar-refractivity contribution in [1.82, 2.24) is 5.32 Å². The predicted molar refractivity (Wildman–Crippen MR) is 100 cm³/mol. The van der Waals surface area contributed by atoms with Crippen LogP contribution in [0.1, 0.15) is 29.3 Å². The fraction of sp³-hybridized carbons (Fsp3) is 0.263. The molecule has 132 valence electrons. The number of halogens is 1. The minimum atomic E-state index is -0.334. The van der Waals surface area contributed by atoms with E-state index < -0.39 is 0 Å². The van der Waals surface area contributed by atoms with Gasteiger partial charge in [0.2, 0.25) is 5.91 Å². The van der Waals surface area contributed by atoms with Gasteiger partial charge in [-0.15, -0.1) is 11.8 Å². The van der Waals surface area contributed by atoms with E-state index in [1.807, 2.05) is 19.1 Å². The second kappa shape index (κ2) is 9.84. The van der Waals surface area contributed by atoms with E-state index in [0.717, 1.165) is 12.0 Å². The summed E-state index contributed by atoms with van der Waals surface area (Å²) in [5, 5.41) is 5.55. The highest BCUT2D eigenvalue weighted by atomic mass is 32.2. The molecule has 0 heterocycles. The van der Waals surface area contributed by atoms with Crippen LogP contribution in [0.15, 0.2) is 48.5 Å². The molecule has 0 unspecified atom stereocenters. The van der Waals surface area contributed by atoms with Crippen LogP contribution in [-0.4, -0.2) is 24.1 Å². The number of amides is 2. The monoisotopic (exact) mass is 360 g/mol. The molecule has 0 bridgehead atoms. The van der Waals surface area contributed by atoms with Gasteiger partial charge >= 0.3 is 0 Å². The van der Waals surface area contributed by atoms with Gasteiger partial charge in [0.05, 0.1) is 5.75 Å². The number of anilines is 1. The number of benzene rings is 2. The first-order chi connectivity index (χ1) is 12.1. The van der Waals surface area contributed by atoms with Gasteiger partial charge in [0.25, 0.3) is 5.91 Å². The SMILES string of the molecule is CCCNC(=O)c1ccc(CSCC(=O)Nc2ccc(F)cc2)cc1. The van der Waals surface area contributed by atoms with Gasteiger partial charge in [-0.05, 0) is 48.4 Å². The van der Waals surface area contributed by atoms with Crippen LogP contribution in [0.3, 0.4) is 0 Å². The number of hydrogen-bond donors (Lipinski definition) is 2. The van der Waals surface area contributed by atoms with Crippen LogP contribution in [-0.2, 0) is 10.5 Å². The topological polar surface area (TPSA) is 58.2 Å². The Morgan fingerprint density at radius 3 is 2.36 bits per heavy atom. The third kappa shape index (κ3) is 6.58. The third-order valence-corrected chi connectivity index (χ3v) is 4.39. The molecule has 2 N–H and O–H groups in total. The molecule has 0 fully saturated rings. The van der Waals surface area contributed by atoms with Crippen molar-refractivity contribution in [2.45, 2.75) is 19.1 Å². The molecule has 0 spiro atoms. The number of hydrogen-bond acceptors (Lipinski definition) is 3. The quantitative estimate of drug-likeness (QED) is 0.752. The Morgan fingerprint density at radius 1 is 1.04 bits per heavy atom. The Hall–Kier alpha value is -2.34. The van der Waals surface area contributed by atoms with Crippen LogP contribution in [0.2, 0.25) is 0 Å². The van der Waals surface area contributed by atoms with Gasteiger partial charge in [-0.2, -0.15) is 0 Å². The summed E-state index contributed by atoms with van der Waals surface area (Å²) < 4.78 is 12.8. The molecule has 6 heteroatoms. The highest BCUT2D eigenvalue weighted by Gasteiger charge is 2.06. The molecule has 0 aliphatic carbocycles. The smallest absolute Gasteiger partial charge is 0.251 e. The number of nitrogens with one attached hydrogen (secondary N) is 2. The molecule has 0 saturated heterocycles. The van der Waals surface area contributed by atoms with Crippen LogP contribution in [0.4, 0.5) is 10.1 Å². The maximum Gasteiger partial charge on any atom is 0.251 e. The first-order valence-corrected chi connectivity index (χ1v) is 9.24. The lowest BCUT2D eigenvalue weighted by Crippen LogP contribution is -2.23. The van der Waals surface area contributed by atoms with E-state index in [9.17, 15) is 14.0 Å². The van der Waals surface area contributed by atoms with E-state index in [1.165, 1.54) is 36.0 Å². The minimum Gasteiger partial charge on any atom is -0.352 e. The maximum atomic E-state index is 12.8. The molecule has 2 aromatic carbocycles. The van der Waals surface area contributed by atoms with Gasteiger partial charge in [0.1, 0.15) is 5.82 Å². The van der Waals surface area contributed by atoms with E-state index in [1.54, 1.807) is 12.1 Å². The van der Waals surface area contributed by atoms with Crippen molar-refractivity contribution in [3.8, 4) is 0 Å². The average Bonchev–Trinajstić information content (AvgIpc) is 2.62. The van der Waals surface area contributed by atoms with Crippen molar-refractivity contribution in [3.63, 3.8) is 0 Å². The second-order valence-corrected chi connectivity index (χ2v) is 6.49. The van der Waals surface area contributed by atoms with Gasteiger partial charge in [0.15, 0.2) is 0 Å². The van der Waals surface area contributed by atoms with E-state index >= 15 is 0 Å².